The fourth-order valence-electron chi connectivity index (χ4n) is 3.61. The van der Waals surface area contributed by atoms with Gasteiger partial charge < -0.3 is 5.73 Å². The molecule has 4 rings (SSSR count). The van der Waals surface area contributed by atoms with E-state index in [9.17, 15) is 14.9 Å². The first-order valence-corrected chi connectivity index (χ1v) is 10.3. The summed E-state index contributed by atoms with van der Waals surface area (Å²) in [6.07, 6.45) is 4.63. The van der Waals surface area contributed by atoms with Crippen LogP contribution in [0.5, 0.6) is 0 Å². The van der Waals surface area contributed by atoms with Gasteiger partial charge in [0.2, 0.25) is 11.6 Å². The molecule has 2 aromatic heterocycles. The number of piperidine rings is 1. The highest BCUT2D eigenvalue weighted by atomic mass is 16.6. The highest BCUT2D eigenvalue weighted by molar-refractivity contribution is 5.94. The van der Waals surface area contributed by atoms with Crippen molar-refractivity contribution in [2.75, 3.05) is 12.3 Å². The van der Waals surface area contributed by atoms with Gasteiger partial charge in [0.1, 0.15) is 0 Å². The average Bonchev–Trinajstić information content (AvgIpc) is 3.41. The maximum absolute atomic E-state index is 12.9. The molecular weight excluding hydrogens is 432 g/mol. The molecule has 0 spiro atoms. The van der Waals surface area contributed by atoms with Gasteiger partial charge in [-0.2, -0.15) is 9.78 Å². The lowest BCUT2D eigenvalue weighted by Crippen LogP contribution is -2.38. The summed E-state index contributed by atoms with van der Waals surface area (Å²) in [6, 6.07) is 6.07. The molecular formula is C19H22N10O4. The van der Waals surface area contributed by atoms with Crippen LogP contribution in [0.3, 0.4) is 0 Å². The van der Waals surface area contributed by atoms with Gasteiger partial charge in [0.25, 0.3) is 11.6 Å². The van der Waals surface area contributed by atoms with Gasteiger partial charge in [0.15, 0.2) is 5.69 Å². The monoisotopic (exact) mass is 454 g/mol. The molecule has 0 unspecified atom stereocenters. The van der Waals surface area contributed by atoms with Gasteiger partial charge in [-0.05, 0) is 54.3 Å². The van der Waals surface area contributed by atoms with E-state index >= 15 is 0 Å². The molecule has 3 heterocycles. The third-order valence-corrected chi connectivity index (χ3v) is 5.45. The Morgan fingerprint density at radius 2 is 2.15 bits per heavy atom. The topological polar surface area (TPSA) is 183 Å². The van der Waals surface area contributed by atoms with Crippen LogP contribution < -0.4 is 11.2 Å². The minimum atomic E-state index is -0.575. The molecule has 33 heavy (non-hydrogen) atoms. The summed E-state index contributed by atoms with van der Waals surface area (Å²) in [7, 11) is 0. The standard InChI is InChI=1S/C19H22N10O4/c1-12-4-2-3-9-27(12)11-15-16(22-26-28(15)18-17(20)24-33-25-18)19(30)23-21-10-13-5-7-14(8-6-13)29(31)32/h5-8,10,12H,2-4,9,11H2,1H3,(H2,20,24)(H,23,30)/b21-10+/t12-/m0/s1. The maximum atomic E-state index is 12.9. The first-order valence-electron chi connectivity index (χ1n) is 10.3. The number of nitro groups is 1. The molecule has 14 nitrogen and oxygen atoms in total. The predicted molar refractivity (Wildman–Crippen MR) is 116 cm³/mol. The highest BCUT2D eigenvalue weighted by Gasteiger charge is 2.28. The molecule has 1 aromatic carbocycles. The Bertz CT molecular complexity index is 1170. The van der Waals surface area contributed by atoms with E-state index in [0.717, 1.165) is 25.8 Å². The van der Waals surface area contributed by atoms with Crippen molar-refractivity contribution in [2.24, 2.45) is 5.10 Å². The number of carbonyl (C=O) groups excluding carboxylic acids is 1. The lowest BCUT2D eigenvalue weighted by atomic mass is 10.0. The van der Waals surface area contributed by atoms with Crippen LogP contribution in [0, 0.1) is 10.1 Å². The Morgan fingerprint density at radius 1 is 1.36 bits per heavy atom. The second-order valence-electron chi connectivity index (χ2n) is 7.63. The van der Waals surface area contributed by atoms with Crippen LogP contribution in [-0.4, -0.2) is 59.8 Å². The fourth-order valence-corrected chi connectivity index (χ4v) is 3.61. The van der Waals surface area contributed by atoms with Crippen LogP contribution in [0.1, 0.15) is 47.9 Å². The van der Waals surface area contributed by atoms with Crippen LogP contribution in [0.2, 0.25) is 0 Å². The van der Waals surface area contributed by atoms with Crippen molar-refractivity contribution < 1.29 is 14.3 Å². The first kappa shape index (κ1) is 22.0. The van der Waals surface area contributed by atoms with E-state index in [-0.39, 0.29) is 23.0 Å². The van der Waals surface area contributed by atoms with Gasteiger partial charge in [0, 0.05) is 24.7 Å². The maximum Gasteiger partial charge on any atom is 0.293 e. The zero-order valence-corrected chi connectivity index (χ0v) is 17.8. The minimum absolute atomic E-state index is 0.0241. The Labute approximate surface area is 187 Å². The van der Waals surface area contributed by atoms with E-state index in [0.29, 0.717) is 23.8 Å². The summed E-state index contributed by atoms with van der Waals surface area (Å²) in [5.74, 6) is -0.402. The normalized spacial score (nSPS) is 16.8. The van der Waals surface area contributed by atoms with Crippen molar-refractivity contribution in [2.45, 2.75) is 38.8 Å². The predicted octanol–water partition coefficient (Wildman–Crippen LogP) is 1.28. The highest BCUT2D eigenvalue weighted by Crippen LogP contribution is 2.22. The van der Waals surface area contributed by atoms with Gasteiger partial charge in [-0.15, -0.1) is 5.10 Å². The van der Waals surface area contributed by atoms with Crippen molar-refractivity contribution in [1.82, 2.24) is 35.6 Å². The third-order valence-electron chi connectivity index (χ3n) is 5.45. The van der Waals surface area contributed by atoms with E-state index < -0.39 is 10.8 Å². The van der Waals surface area contributed by atoms with Crippen molar-refractivity contribution >= 4 is 23.6 Å². The molecule has 1 fully saturated rings. The van der Waals surface area contributed by atoms with E-state index in [1.807, 2.05) is 0 Å². The molecule has 0 saturated carbocycles. The number of amides is 1. The fraction of sp³-hybridized carbons (Fsp3) is 0.368. The number of nitrogens with one attached hydrogen (secondary N) is 1. The molecule has 14 heteroatoms. The summed E-state index contributed by atoms with van der Waals surface area (Å²) in [6.45, 7) is 3.40. The van der Waals surface area contributed by atoms with E-state index in [1.54, 1.807) is 0 Å². The number of nitrogens with zero attached hydrogens (tertiary/aromatic N) is 8. The van der Waals surface area contributed by atoms with Gasteiger partial charge in [-0.3, -0.25) is 19.8 Å². The summed E-state index contributed by atoms with van der Waals surface area (Å²) in [4.78, 5) is 25.3. The summed E-state index contributed by atoms with van der Waals surface area (Å²) in [5.41, 5.74) is 9.33. The second kappa shape index (κ2) is 9.52. The zero-order chi connectivity index (χ0) is 23.4. The molecule has 0 aliphatic carbocycles. The van der Waals surface area contributed by atoms with Crippen LogP contribution in [0.4, 0.5) is 11.5 Å². The number of nitrogens with two attached hydrogens (primary N) is 1. The SMILES string of the molecule is C[C@H]1CCCCN1Cc1c(C(=O)N/N=C/c2ccc([N+](=O)[O-])cc2)nnn1-c1nonc1N. The summed E-state index contributed by atoms with van der Waals surface area (Å²) >= 11 is 0. The summed E-state index contributed by atoms with van der Waals surface area (Å²) < 4.78 is 6.03. The number of carbonyl (C=O) groups is 1. The van der Waals surface area contributed by atoms with Gasteiger partial charge >= 0.3 is 0 Å². The van der Waals surface area contributed by atoms with E-state index in [2.05, 4.69) is 47.6 Å². The number of nitrogen functional groups attached to an aromatic ring is 1. The Balaban J connectivity index is 1.55. The van der Waals surface area contributed by atoms with Crippen LogP contribution in [-0.2, 0) is 6.54 Å². The molecule has 172 valence electrons. The molecule has 0 radical (unpaired) electrons. The molecule has 1 saturated heterocycles. The van der Waals surface area contributed by atoms with E-state index in [4.69, 9.17) is 5.73 Å². The Hall–Kier alpha value is -4.20. The number of rotatable bonds is 7. The van der Waals surface area contributed by atoms with Crippen LogP contribution in [0.15, 0.2) is 34.0 Å². The first-order chi connectivity index (χ1) is 15.9. The number of likely N-dealkylation sites (tertiary alicyclic amines) is 1. The average molecular weight is 454 g/mol. The molecule has 1 aliphatic rings. The minimum Gasteiger partial charge on any atom is -0.378 e. The smallest absolute Gasteiger partial charge is 0.293 e. The number of nitro benzene ring substituents is 1. The number of hydrazone groups is 1. The van der Waals surface area contributed by atoms with Crippen molar-refractivity contribution in [3.8, 4) is 5.82 Å². The quantitative estimate of drug-likeness (QED) is 0.299. The summed E-state index contributed by atoms with van der Waals surface area (Å²) in [5, 5.41) is 30.1. The Kier molecular flexibility index (Phi) is 6.35. The molecule has 0 bridgehead atoms. The van der Waals surface area contributed by atoms with Gasteiger partial charge in [0.05, 0.1) is 16.8 Å². The lowest BCUT2D eigenvalue weighted by Gasteiger charge is -2.33. The number of hydrogen-bond donors (Lipinski definition) is 2. The van der Waals surface area contributed by atoms with Gasteiger partial charge in [-0.1, -0.05) is 11.6 Å². The molecule has 1 amide bonds. The largest absolute Gasteiger partial charge is 0.378 e. The van der Waals surface area contributed by atoms with Gasteiger partial charge in [-0.25, -0.2) is 10.1 Å². The number of anilines is 1. The Morgan fingerprint density at radius 3 is 2.82 bits per heavy atom. The van der Waals surface area contributed by atoms with Crippen LogP contribution in [0.25, 0.3) is 5.82 Å². The lowest BCUT2D eigenvalue weighted by molar-refractivity contribution is -0.384. The zero-order valence-electron chi connectivity index (χ0n) is 17.8. The van der Waals surface area contributed by atoms with E-state index in [1.165, 1.54) is 35.2 Å². The van der Waals surface area contributed by atoms with Crippen molar-refractivity contribution in [3.63, 3.8) is 0 Å². The molecule has 3 aromatic rings. The number of non-ortho nitro benzene ring substituents is 1. The van der Waals surface area contributed by atoms with Crippen molar-refractivity contribution in [3.05, 3.63) is 51.3 Å². The molecule has 1 atom stereocenters. The molecule has 1 aliphatic heterocycles. The molecule has 3 N–H and O–H groups in total. The number of aromatic nitrogens is 5. The third kappa shape index (κ3) is 4.85. The second-order valence-corrected chi connectivity index (χ2v) is 7.63. The number of hydrogen-bond acceptors (Lipinski definition) is 11. The van der Waals surface area contributed by atoms with Crippen molar-refractivity contribution in [1.29, 1.82) is 0 Å². The van der Waals surface area contributed by atoms with Crippen LogP contribution >= 0.6 is 0 Å². The number of benzene rings is 1.